The molecule has 0 aliphatic carbocycles. The van der Waals surface area contributed by atoms with Crippen molar-refractivity contribution in [1.29, 1.82) is 0 Å². The number of hydrogen-bond donors (Lipinski definition) is 1. The van der Waals surface area contributed by atoms with Crippen LogP contribution in [0.5, 0.6) is 0 Å². The van der Waals surface area contributed by atoms with Crippen molar-refractivity contribution < 1.29 is 9.84 Å². The van der Waals surface area contributed by atoms with Crippen LogP contribution in [0.1, 0.15) is 35.6 Å². The Balaban J connectivity index is 2.29. The van der Waals surface area contributed by atoms with Gasteiger partial charge in [-0.15, -0.1) is 0 Å². The number of aliphatic hydroxyl groups is 1. The SMILES string of the molecule is Cc1cccc(C(O)C2=CCCCO2)c1C. The van der Waals surface area contributed by atoms with E-state index < -0.39 is 6.10 Å². The van der Waals surface area contributed by atoms with E-state index in [0.29, 0.717) is 12.4 Å². The minimum absolute atomic E-state index is 0.611. The van der Waals surface area contributed by atoms with Crippen LogP contribution in [-0.2, 0) is 4.74 Å². The Kier molecular flexibility index (Phi) is 3.30. The first-order valence-electron chi connectivity index (χ1n) is 5.77. The first-order valence-corrected chi connectivity index (χ1v) is 5.77. The fraction of sp³-hybridized carbons (Fsp3) is 0.429. The van der Waals surface area contributed by atoms with Crippen molar-refractivity contribution in [2.24, 2.45) is 0 Å². The molecule has 0 bridgehead atoms. The molecule has 0 saturated heterocycles. The average molecular weight is 218 g/mol. The molecule has 1 heterocycles. The first-order chi connectivity index (χ1) is 7.70. The van der Waals surface area contributed by atoms with Crippen LogP contribution in [0.15, 0.2) is 30.0 Å². The predicted octanol–water partition coefficient (Wildman–Crippen LogP) is 3.03. The van der Waals surface area contributed by atoms with E-state index in [9.17, 15) is 5.11 Å². The van der Waals surface area contributed by atoms with E-state index in [2.05, 4.69) is 13.0 Å². The molecule has 1 aliphatic rings. The maximum absolute atomic E-state index is 10.3. The molecule has 86 valence electrons. The molecule has 0 aromatic heterocycles. The number of benzene rings is 1. The van der Waals surface area contributed by atoms with Crippen molar-refractivity contribution in [2.75, 3.05) is 6.61 Å². The van der Waals surface area contributed by atoms with Gasteiger partial charge in [-0.1, -0.05) is 18.2 Å². The molecular formula is C14H18O2. The second kappa shape index (κ2) is 4.71. The van der Waals surface area contributed by atoms with E-state index >= 15 is 0 Å². The highest BCUT2D eigenvalue weighted by atomic mass is 16.5. The Morgan fingerprint density at radius 1 is 1.31 bits per heavy atom. The molecule has 16 heavy (non-hydrogen) atoms. The van der Waals surface area contributed by atoms with Gasteiger partial charge in [-0.3, -0.25) is 0 Å². The molecule has 0 fully saturated rings. The second-order valence-corrected chi connectivity index (χ2v) is 4.29. The van der Waals surface area contributed by atoms with E-state index in [0.717, 1.165) is 24.0 Å². The predicted molar refractivity (Wildman–Crippen MR) is 64.1 cm³/mol. The summed E-state index contributed by atoms with van der Waals surface area (Å²) in [5, 5.41) is 10.3. The van der Waals surface area contributed by atoms with Gasteiger partial charge in [0.15, 0.2) is 0 Å². The van der Waals surface area contributed by atoms with Gasteiger partial charge in [0.1, 0.15) is 11.9 Å². The standard InChI is InChI=1S/C14H18O2/c1-10-6-5-7-12(11(10)2)14(15)13-8-3-4-9-16-13/h5-8,14-15H,3-4,9H2,1-2H3. The van der Waals surface area contributed by atoms with Crippen LogP contribution in [0.4, 0.5) is 0 Å². The van der Waals surface area contributed by atoms with Gasteiger partial charge in [-0.05, 0) is 49.5 Å². The molecule has 1 atom stereocenters. The van der Waals surface area contributed by atoms with Crippen LogP contribution < -0.4 is 0 Å². The maximum atomic E-state index is 10.3. The third-order valence-electron chi connectivity index (χ3n) is 3.17. The molecule has 2 heteroatoms. The van der Waals surface area contributed by atoms with Gasteiger partial charge < -0.3 is 9.84 Å². The van der Waals surface area contributed by atoms with Crippen molar-refractivity contribution in [3.05, 3.63) is 46.7 Å². The third kappa shape index (κ3) is 2.12. The molecule has 1 aliphatic heterocycles. The lowest BCUT2D eigenvalue weighted by molar-refractivity contribution is 0.0914. The smallest absolute Gasteiger partial charge is 0.136 e. The molecular weight excluding hydrogens is 200 g/mol. The third-order valence-corrected chi connectivity index (χ3v) is 3.17. The summed E-state index contributed by atoms with van der Waals surface area (Å²) >= 11 is 0. The largest absolute Gasteiger partial charge is 0.495 e. The van der Waals surface area contributed by atoms with E-state index in [1.54, 1.807) is 0 Å². The van der Waals surface area contributed by atoms with Gasteiger partial charge >= 0.3 is 0 Å². The van der Waals surface area contributed by atoms with Crippen molar-refractivity contribution in [3.63, 3.8) is 0 Å². The Hall–Kier alpha value is -1.28. The van der Waals surface area contributed by atoms with E-state index in [1.165, 1.54) is 5.56 Å². The quantitative estimate of drug-likeness (QED) is 0.826. The molecule has 1 aromatic carbocycles. The van der Waals surface area contributed by atoms with Crippen LogP contribution in [0.2, 0.25) is 0 Å². The highest BCUT2D eigenvalue weighted by Gasteiger charge is 2.18. The fourth-order valence-corrected chi connectivity index (χ4v) is 1.99. The lowest BCUT2D eigenvalue weighted by atomic mass is 9.97. The molecule has 1 aromatic rings. The zero-order chi connectivity index (χ0) is 11.5. The summed E-state index contributed by atoms with van der Waals surface area (Å²) in [4.78, 5) is 0. The number of aliphatic hydroxyl groups excluding tert-OH is 1. The van der Waals surface area contributed by atoms with Crippen molar-refractivity contribution >= 4 is 0 Å². The number of rotatable bonds is 2. The molecule has 2 nitrogen and oxygen atoms in total. The van der Waals surface area contributed by atoms with Gasteiger partial charge in [0.2, 0.25) is 0 Å². The summed E-state index contributed by atoms with van der Waals surface area (Å²) in [6.45, 7) is 4.81. The van der Waals surface area contributed by atoms with Gasteiger partial charge in [0.25, 0.3) is 0 Å². The van der Waals surface area contributed by atoms with E-state index in [-0.39, 0.29) is 0 Å². The summed E-state index contributed by atoms with van der Waals surface area (Å²) in [6, 6.07) is 6.00. The molecule has 1 unspecified atom stereocenters. The van der Waals surface area contributed by atoms with Crippen molar-refractivity contribution in [3.8, 4) is 0 Å². The molecule has 1 N–H and O–H groups in total. The average Bonchev–Trinajstić information content (AvgIpc) is 2.33. The van der Waals surface area contributed by atoms with Crippen LogP contribution in [0, 0.1) is 13.8 Å². The zero-order valence-electron chi connectivity index (χ0n) is 9.86. The summed E-state index contributed by atoms with van der Waals surface area (Å²) < 4.78 is 5.50. The number of aryl methyl sites for hydroxylation is 1. The summed E-state index contributed by atoms with van der Waals surface area (Å²) in [5.41, 5.74) is 3.30. The highest BCUT2D eigenvalue weighted by molar-refractivity contribution is 5.37. The lowest BCUT2D eigenvalue weighted by Gasteiger charge is -2.21. The minimum Gasteiger partial charge on any atom is -0.495 e. The number of hydrogen-bond acceptors (Lipinski definition) is 2. The van der Waals surface area contributed by atoms with Gasteiger partial charge in [-0.25, -0.2) is 0 Å². The van der Waals surface area contributed by atoms with Crippen LogP contribution in [-0.4, -0.2) is 11.7 Å². The maximum Gasteiger partial charge on any atom is 0.136 e. The zero-order valence-corrected chi connectivity index (χ0v) is 9.86. The van der Waals surface area contributed by atoms with Gasteiger partial charge in [0, 0.05) is 0 Å². The highest BCUT2D eigenvalue weighted by Crippen LogP contribution is 2.28. The van der Waals surface area contributed by atoms with Gasteiger partial charge in [0.05, 0.1) is 6.61 Å². The molecule has 0 saturated carbocycles. The van der Waals surface area contributed by atoms with Gasteiger partial charge in [-0.2, -0.15) is 0 Å². The minimum atomic E-state index is -0.611. The Bertz CT molecular complexity index is 407. The molecule has 0 radical (unpaired) electrons. The van der Waals surface area contributed by atoms with Crippen LogP contribution >= 0.6 is 0 Å². The lowest BCUT2D eigenvalue weighted by Crippen LogP contribution is -2.11. The fourth-order valence-electron chi connectivity index (χ4n) is 1.99. The van der Waals surface area contributed by atoms with E-state index in [1.807, 2.05) is 25.1 Å². The Labute approximate surface area is 96.6 Å². The molecule has 0 spiro atoms. The summed E-state index contributed by atoms with van der Waals surface area (Å²) in [7, 11) is 0. The van der Waals surface area contributed by atoms with Crippen LogP contribution in [0.3, 0.4) is 0 Å². The van der Waals surface area contributed by atoms with E-state index in [4.69, 9.17) is 4.74 Å². The summed E-state index contributed by atoms with van der Waals surface area (Å²) in [5.74, 6) is 0.708. The van der Waals surface area contributed by atoms with Crippen LogP contribution in [0.25, 0.3) is 0 Å². The second-order valence-electron chi connectivity index (χ2n) is 4.29. The van der Waals surface area contributed by atoms with Crippen molar-refractivity contribution in [1.82, 2.24) is 0 Å². The monoisotopic (exact) mass is 218 g/mol. The number of ether oxygens (including phenoxy) is 1. The Morgan fingerprint density at radius 3 is 2.81 bits per heavy atom. The van der Waals surface area contributed by atoms with Crippen molar-refractivity contribution in [2.45, 2.75) is 32.8 Å². The first kappa shape index (κ1) is 11.2. The molecule has 0 amide bonds. The number of allylic oxidation sites excluding steroid dienone is 1. The topological polar surface area (TPSA) is 29.5 Å². The Morgan fingerprint density at radius 2 is 2.12 bits per heavy atom. The molecule has 2 rings (SSSR count). The summed E-state index contributed by atoms with van der Waals surface area (Å²) in [6.07, 6.45) is 3.43. The normalized spacial score (nSPS) is 17.6.